The van der Waals surface area contributed by atoms with Crippen LogP contribution in [-0.2, 0) is 6.42 Å². The van der Waals surface area contributed by atoms with Crippen LogP contribution in [-0.4, -0.2) is 5.11 Å². The Labute approximate surface area is 310 Å². The molecule has 0 aliphatic heterocycles. The maximum absolute atomic E-state index is 11.4. The van der Waals surface area contributed by atoms with Crippen molar-refractivity contribution in [3.8, 4) is 5.75 Å². The number of phenols is 1. The summed E-state index contributed by atoms with van der Waals surface area (Å²) in [6.45, 7) is 11.6. The molecule has 0 saturated carbocycles. The molecule has 0 radical (unpaired) electrons. The molecule has 0 heterocycles. The van der Waals surface area contributed by atoms with Crippen LogP contribution in [0.5, 0.6) is 5.75 Å². The average molecular weight is 683 g/mol. The summed E-state index contributed by atoms with van der Waals surface area (Å²) in [6, 6.07) is 4.63. The number of aromatic hydroxyl groups is 1. The van der Waals surface area contributed by atoms with Crippen molar-refractivity contribution in [1.82, 2.24) is 0 Å². The van der Waals surface area contributed by atoms with Gasteiger partial charge in [0, 0.05) is 0 Å². The monoisotopic (exact) mass is 683 g/mol. The third-order valence-electron chi connectivity index (χ3n) is 11.7. The molecule has 0 bridgehead atoms. The lowest BCUT2D eigenvalue weighted by atomic mass is 9.85. The van der Waals surface area contributed by atoms with Crippen LogP contribution in [0.4, 0.5) is 0 Å². The van der Waals surface area contributed by atoms with Gasteiger partial charge in [-0.05, 0) is 47.8 Å². The van der Waals surface area contributed by atoms with Gasteiger partial charge in [0.25, 0.3) is 0 Å². The predicted octanol–water partition coefficient (Wildman–Crippen LogP) is 17.5. The normalized spacial score (nSPS) is 12.9. The van der Waals surface area contributed by atoms with Gasteiger partial charge in [-0.2, -0.15) is 0 Å². The molecule has 1 aromatic carbocycles. The highest BCUT2D eigenvalue weighted by Gasteiger charge is 2.19. The number of aryl methyl sites for hydroxylation is 1. The van der Waals surface area contributed by atoms with E-state index in [1.165, 1.54) is 235 Å². The lowest BCUT2D eigenvalue weighted by Crippen LogP contribution is -2.02. The molecular formula is C48H90O. The average Bonchev–Trinajstić information content (AvgIpc) is 3.11. The first-order valence-corrected chi connectivity index (χ1v) is 22.9. The van der Waals surface area contributed by atoms with Crippen LogP contribution >= 0.6 is 0 Å². The minimum atomic E-state index is 0.444. The Morgan fingerprint density at radius 2 is 0.592 bits per heavy atom. The van der Waals surface area contributed by atoms with Crippen molar-refractivity contribution in [2.24, 2.45) is 0 Å². The van der Waals surface area contributed by atoms with Crippen molar-refractivity contribution in [3.63, 3.8) is 0 Å². The van der Waals surface area contributed by atoms with Crippen LogP contribution < -0.4 is 0 Å². The van der Waals surface area contributed by atoms with Crippen molar-refractivity contribution < 1.29 is 5.11 Å². The largest absolute Gasteiger partial charge is 0.507 e. The second-order valence-corrected chi connectivity index (χ2v) is 16.5. The van der Waals surface area contributed by atoms with Gasteiger partial charge in [0.2, 0.25) is 0 Å². The van der Waals surface area contributed by atoms with Crippen LogP contribution in [0, 0.1) is 0 Å². The predicted molar refractivity (Wildman–Crippen MR) is 223 cm³/mol. The van der Waals surface area contributed by atoms with Gasteiger partial charge in [0.15, 0.2) is 0 Å². The van der Waals surface area contributed by atoms with E-state index < -0.39 is 0 Å². The van der Waals surface area contributed by atoms with Gasteiger partial charge in [-0.25, -0.2) is 0 Å². The minimum Gasteiger partial charge on any atom is -0.507 e. The molecule has 0 aliphatic rings. The van der Waals surface area contributed by atoms with E-state index in [1.807, 2.05) is 0 Å². The maximum atomic E-state index is 11.4. The number of hydrogen-bond donors (Lipinski definition) is 1. The summed E-state index contributed by atoms with van der Waals surface area (Å²) in [7, 11) is 0. The molecule has 1 aromatic rings. The van der Waals surface area contributed by atoms with E-state index in [-0.39, 0.29) is 0 Å². The van der Waals surface area contributed by atoms with Crippen LogP contribution in [0.2, 0.25) is 0 Å². The van der Waals surface area contributed by atoms with Crippen molar-refractivity contribution in [2.75, 3.05) is 0 Å². The summed E-state index contributed by atoms with van der Waals surface area (Å²) in [4.78, 5) is 0. The molecule has 1 rings (SSSR count). The van der Waals surface area contributed by atoms with E-state index >= 15 is 0 Å². The molecule has 288 valence electrons. The van der Waals surface area contributed by atoms with Crippen molar-refractivity contribution >= 4 is 0 Å². The van der Waals surface area contributed by atoms with Crippen molar-refractivity contribution in [1.29, 1.82) is 0 Å². The fourth-order valence-corrected chi connectivity index (χ4v) is 8.01. The van der Waals surface area contributed by atoms with Gasteiger partial charge < -0.3 is 5.11 Å². The zero-order valence-electron chi connectivity index (χ0n) is 34.5. The molecule has 0 aliphatic carbocycles. The zero-order valence-corrected chi connectivity index (χ0v) is 34.5. The van der Waals surface area contributed by atoms with E-state index in [0.29, 0.717) is 17.6 Å². The van der Waals surface area contributed by atoms with E-state index in [1.54, 1.807) is 0 Å². The first-order valence-electron chi connectivity index (χ1n) is 22.9. The summed E-state index contributed by atoms with van der Waals surface area (Å²) in [5.41, 5.74) is 3.84. The molecular weight excluding hydrogens is 593 g/mol. The Kier molecular flexibility index (Phi) is 32.1. The first kappa shape index (κ1) is 46.0. The number of hydrogen-bond acceptors (Lipinski definition) is 1. The minimum absolute atomic E-state index is 0.444. The highest BCUT2D eigenvalue weighted by atomic mass is 16.3. The summed E-state index contributed by atoms with van der Waals surface area (Å²) in [5, 5.41) is 11.4. The molecule has 1 N–H and O–H groups in total. The van der Waals surface area contributed by atoms with Gasteiger partial charge >= 0.3 is 0 Å². The Hall–Kier alpha value is -0.980. The third-order valence-corrected chi connectivity index (χ3v) is 11.7. The Morgan fingerprint density at radius 3 is 0.816 bits per heavy atom. The SMILES string of the molecule is CCCCCCCCCCCCCCCCCCC(C)c1cc(CC)cc(C(C)CCCCCCCCCCCCCCCCCC)c1O. The first-order chi connectivity index (χ1) is 24.0. The van der Waals surface area contributed by atoms with Crippen LogP contribution in [0.15, 0.2) is 12.1 Å². The van der Waals surface area contributed by atoms with Gasteiger partial charge in [-0.3, -0.25) is 0 Å². The number of phenolic OH excluding ortho intramolecular Hbond substituents is 1. The Balaban J connectivity index is 2.15. The van der Waals surface area contributed by atoms with E-state index in [0.717, 1.165) is 6.42 Å². The molecule has 49 heavy (non-hydrogen) atoms. The standard InChI is InChI=1S/C48H90O/c1-6-9-11-13-15-17-19-21-23-25-27-29-31-33-35-37-39-43(4)46-41-45(8-3)42-47(48(46)49)44(5)40-38-36-34-32-30-28-26-24-22-20-18-16-14-12-10-7-2/h41-44,49H,6-40H2,1-5H3. The van der Waals surface area contributed by atoms with Crippen molar-refractivity contribution in [2.45, 2.75) is 271 Å². The van der Waals surface area contributed by atoms with Crippen molar-refractivity contribution in [3.05, 3.63) is 28.8 Å². The molecule has 1 heteroatoms. The summed E-state index contributed by atoms with van der Waals surface area (Å²) < 4.78 is 0. The molecule has 2 unspecified atom stereocenters. The lowest BCUT2D eigenvalue weighted by molar-refractivity contribution is 0.441. The lowest BCUT2D eigenvalue weighted by Gasteiger charge is -2.21. The highest BCUT2D eigenvalue weighted by Crippen LogP contribution is 2.38. The van der Waals surface area contributed by atoms with Crippen LogP contribution in [0.3, 0.4) is 0 Å². The topological polar surface area (TPSA) is 20.2 Å². The zero-order chi connectivity index (χ0) is 35.6. The number of unbranched alkanes of at least 4 members (excludes halogenated alkanes) is 30. The van der Waals surface area contributed by atoms with Gasteiger partial charge in [-0.1, -0.05) is 252 Å². The number of benzene rings is 1. The molecule has 0 saturated heterocycles. The third kappa shape index (κ3) is 25.6. The second-order valence-electron chi connectivity index (χ2n) is 16.5. The van der Waals surface area contributed by atoms with E-state index in [9.17, 15) is 5.11 Å². The molecule has 0 spiro atoms. The molecule has 1 nitrogen and oxygen atoms in total. The van der Waals surface area contributed by atoms with E-state index in [4.69, 9.17) is 0 Å². The molecule has 0 aromatic heterocycles. The summed E-state index contributed by atoms with van der Waals surface area (Å²) >= 11 is 0. The van der Waals surface area contributed by atoms with Gasteiger partial charge in [0.1, 0.15) is 5.75 Å². The van der Waals surface area contributed by atoms with Crippen LogP contribution in [0.25, 0.3) is 0 Å². The van der Waals surface area contributed by atoms with Gasteiger partial charge in [0.05, 0.1) is 0 Å². The fraction of sp³-hybridized carbons (Fsp3) is 0.875. The molecule has 0 fully saturated rings. The smallest absolute Gasteiger partial charge is 0.122 e. The fourth-order valence-electron chi connectivity index (χ4n) is 8.01. The Morgan fingerprint density at radius 1 is 0.367 bits per heavy atom. The van der Waals surface area contributed by atoms with E-state index in [2.05, 4.69) is 46.8 Å². The highest BCUT2D eigenvalue weighted by molar-refractivity contribution is 5.47. The van der Waals surface area contributed by atoms with Gasteiger partial charge in [-0.15, -0.1) is 0 Å². The second kappa shape index (κ2) is 34.1. The quantitative estimate of drug-likeness (QED) is 0.0693. The number of rotatable bonds is 37. The molecule has 2 atom stereocenters. The summed E-state index contributed by atoms with van der Waals surface area (Å²) in [5.74, 6) is 1.50. The summed E-state index contributed by atoms with van der Waals surface area (Å²) in [6.07, 6.45) is 48.9. The Bertz CT molecular complexity index is 763. The maximum Gasteiger partial charge on any atom is 0.122 e. The molecule has 0 amide bonds. The van der Waals surface area contributed by atoms with Crippen LogP contribution in [0.1, 0.15) is 281 Å².